The van der Waals surface area contributed by atoms with Crippen LogP contribution in [0, 0.1) is 0 Å². The first-order valence-corrected chi connectivity index (χ1v) is 9.47. The monoisotopic (exact) mass is 495 g/mol. The predicted molar refractivity (Wildman–Crippen MR) is 106 cm³/mol. The average molecular weight is 497 g/mol. The van der Waals surface area contributed by atoms with Crippen LogP contribution in [0.4, 0.5) is 5.95 Å². The lowest BCUT2D eigenvalue weighted by Crippen LogP contribution is -3.00. The van der Waals surface area contributed by atoms with E-state index in [2.05, 4.69) is 48.0 Å². The van der Waals surface area contributed by atoms with Crippen LogP contribution in [0.5, 0.6) is 0 Å². The van der Waals surface area contributed by atoms with Gasteiger partial charge in [-0.05, 0) is 58.6 Å². The molecule has 3 aromatic rings. The Hall–Kier alpha value is -1.86. The molecule has 5 nitrogen and oxygen atoms in total. The average Bonchev–Trinajstić information content (AvgIpc) is 2.87. The summed E-state index contributed by atoms with van der Waals surface area (Å²) in [7, 11) is 0. The summed E-state index contributed by atoms with van der Waals surface area (Å²) in [6.07, 6.45) is 0. The second kappa shape index (κ2) is 8.89. The first-order valence-electron chi connectivity index (χ1n) is 8.68. The van der Waals surface area contributed by atoms with Gasteiger partial charge < -0.3 is 21.7 Å². The van der Waals surface area contributed by atoms with E-state index in [1.54, 1.807) is 11.5 Å². The Morgan fingerprint density at radius 2 is 1.96 bits per heavy atom. The number of fused-ring (bicyclic) bond motifs is 1. The number of aromatic nitrogens is 2. The number of carbonyl (C=O) groups is 1. The third kappa shape index (κ3) is 4.19. The van der Waals surface area contributed by atoms with Crippen molar-refractivity contribution in [3.05, 3.63) is 52.5 Å². The summed E-state index contributed by atoms with van der Waals surface area (Å²) in [5.41, 5.74) is 10.5. The van der Waals surface area contributed by atoms with Gasteiger partial charge in [0.15, 0.2) is 6.54 Å². The Morgan fingerprint density at radius 3 is 2.59 bits per heavy atom. The summed E-state index contributed by atoms with van der Waals surface area (Å²) in [5.74, 6) is 0.617. The molecule has 144 valence electrons. The molecule has 2 aromatic carbocycles. The molecule has 3 rings (SSSR count). The smallest absolute Gasteiger partial charge is 0.361 e. The van der Waals surface area contributed by atoms with Crippen molar-refractivity contribution in [2.24, 2.45) is 0 Å². The third-order valence-corrected chi connectivity index (χ3v) is 5.03. The fourth-order valence-electron chi connectivity index (χ4n) is 3.07. The molecule has 0 bridgehead atoms. The minimum Gasteiger partial charge on any atom is -1.00 e. The van der Waals surface area contributed by atoms with Crippen LogP contribution < -0.4 is 27.3 Å². The number of benzene rings is 2. The Morgan fingerprint density at radius 1 is 1.26 bits per heavy atom. The first-order chi connectivity index (χ1) is 12.4. The van der Waals surface area contributed by atoms with Crippen LogP contribution in [0.2, 0.25) is 0 Å². The maximum atomic E-state index is 12.0. The fourth-order valence-corrected chi connectivity index (χ4v) is 3.64. The minimum absolute atomic E-state index is 0. The van der Waals surface area contributed by atoms with E-state index in [4.69, 9.17) is 10.5 Å². The predicted octanol–water partition coefficient (Wildman–Crippen LogP) is 0.953. The Balaban J connectivity index is 0.00000261. The molecular weight excluding hydrogens is 474 g/mol. The number of anilines is 1. The van der Waals surface area contributed by atoms with E-state index in [9.17, 15) is 4.79 Å². The lowest BCUT2D eigenvalue weighted by molar-refractivity contribution is -0.645. The molecule has 0 atom stereocenters. The molecule has 1 heterocycles. The van der Waals surface area contributed by atoms with Crippen LogP contribution in [0.1, 0.15) is 32.3 Å². The number of nitrogens with two attached hydrogens (primary N) is 1. The van der Waals surface area contributed by atoms with Crippen molar-refractivity contribution < 1.29 is 31.1 Å². The number of esters is 1. The van der Waals surface area contributed by atoms with Crippen LogP contribution in [0.25, 0.3) is 16.7 Å². The van der Waals surface area contributed by atoms with Gasteiger partial charge in [0.1, 0.15) is 16.7 Å². The summed E-state index contributed by atoms with van der Waals surface area (Å²) in [6.45, 7) is 6.54. The van der Waals surface area contributed by atoms with E-state index >= 15 is 0 Å². The number of imidazole rings is 1. The lowest BCUT2D eigenvalue weighted by atomic mass is 10.0. The van der Waals surface area contributed by atoms with Crippen LogP contribution in [-0.4, -0.2) is 17.1 Å². The summed E-state index contributed by atoms with van der Waals surface area (Å²) in [5, 5.41) is 0. The number of para-hydroxylation sites is 2. The van der Waals surface area contributed by atoms with Crippen molar-refractivity contribution in [1.29, 1.82) is 0 Å². The quantitative estimate of drug-likeness (QED) is 0.422. The number of halogens is 2. The summed E-state index contributed by atoms with van der Waals surface area (Å²) in [6, 6.07) is 14.1. The van der Waals surface area contributed by atoms with Gasteiger partial charge in [-0.3, -0.25) is 5.73 Å². The van der Waals surface area contributed by atoms with Crippen molar-refractivity contribution in [3.8, 4) is 5.69 Å². The summed E-state index contributed by atoms with van der Waals surface area (Å²) < 4.78 is 9.80. The molecule has 0 spiro atoms. The standard InChI is InChI=1S/C20H22BrN3O2.BrH/c1-4-26-19(25)12-23-17-7-5-6-8-18(17)24(20(23)22)16-10-9-14(13(2)3)11-15(16)21;/h5-11,13,22H,4,12H2,1-3H3;1H. The van der Waals surface area contributed by atoms with Crippen molar-refractivity contribution in [1.82, 2.24) is 4.57 Å². The van der Waals surface area contributed by atoms with Gasteiger partial charge in [0, 0.05) is 0 Å². The number of hydrogen-bond acceptors (Lipinski definition) is 3. The summed E-state index contributed by atoms with van der Waals surface area (Å²) >= 11 is 3.68. The van der Waals surface area contributed by atoms with Gasteiger partial charge >= 0.3 is 11.9 Å². The maximum Gasteiger partial charge on any atom is 0.361 e. The molecule has 0 amide bonds. The maximum absolute atomic E-state index is 12.0. The SMILES string of the molecule is CCOC(=O)C[n+]1c(N)n(-c2ccc(C(C)C)cc2Br)c2ccccc21.[Br-]. The Labute approximate surface area is 178 Å². The van der Waals surface area contributed by atoms with Gasteiger partial charge in [0.05, 0.1) is 11.1 Å². The second-order valence-corrected chi connectivity index (χ2v) is 7.29. The van der Waals surface area contributed by atoms with Crippen molar-refractivity contribution in [2.45, 2.75) is 33.2 Å². The zero-order valence-corrected chi connectivity index (χ0v) is 18.7. The molecule has 27 heavy (non-hydrogen) atoms. The minimum atomic E-state index is -0.304. The number of rotatable bonds is 5. The Kier molecular flexibility index (Phi) is 7.06. The van der Waals surface area contributed by atoms with Crippen molar-refractivity contribution in [2.75, 3.05) is 12.3 Å². The molecule has 2 N–H and O–H groups in total. The molecule has 0 radical (unpaired) electrons. The molecule has 0 aliphatic carbocycles. The highest BCUT2D eigenvalue weighted by atomic mass is 79.9. The highest BCUT2D eigenvalue weighted by molar-refractivity contribution is 9.10. The summed E-state index contributed by atoms with van der Waals surface area (Å²) in [4.78, 5) is 12.0. The van der Waals surface area contributed by atoms with E-state index < -0.39 is 0 Å². The van der Waals surface area contributed by atoms with Gasteiger partial charge in [-0.1, -0.05) is 32.0 Å². The van der Waals surface area contributed by atoms with E-state index in [-0.39, 0.29) is 29.5 Å². The second-order valence-electron chi connectivity index (χ2n) is 6.44. The largest absolute Gasteiger partial charge is 1.00 e. The van der Waals surface area contributed by atoms with Crippen molar-refractivity contribution in [3.63, 3.8) is 0 Å². The molecule has 0 saturated carbocycles. The molecule has 0 unspecified atom stereocenters. The number of nitrogen functional groups attached to an aromatic ring is 1. The van der Waals surface area contributed by atoms with Crippen LogP contribution in [0.15, 0.2) is 46.9 Å². The van der Waals surface area contributed by atoms with Crippen molar-refractivity contribution >= 4 is 38.9 Å². The van der Waals surface area contributed by atoms with Crippen LogP contribution >= 0.6 is 15.9 Å². The molecule has 1 aromatic heterocycles. The zero-order chi connectivity index (χ0) is 18.8. The van der Waals surface area contributed by atoms with Gasteiger partial charge in [0.2, 0.25) is 0 Å². The molecule has 0 aliphatic rings. The fraction of sp³-hybridized carbons (Fsp3) is 0.300. The van der Waals surface area contributed by atoms with E-state index in [0.29, 0.717) is 18.5 Å². The number of hydrogen-bond donors (Lipinski definition) is 1. The molecule has 7 heteroatoms. The van der Waals surface area contributed by atoms with Gasteiger partial charge in [0.25, 0.3) is 0 Å². The van der Waals surface area contributed by atoms with E-state index in [0.717, 1.165) is 21.2 Å². The van der Waals surface area contributed by atoms with E-state index in [1.165, 1.54) is 5.56 Å². The topological polar surface area (TPSA) is 61.1 Å². The highest BCUT2D eigenvalue weighted by Gasteiger charge is 2.25. The van der Waals surface area contributed by atoms with E-state index in [1.807, 2.05) is 28.8 Å². The molecular formula is C20H23Br2N3O2. The molecule has 0 aliphatic heterocycles. The molecule has 0 fully saturated rings. The Bertz CT molecular complexity index is 967. The number of nitrogens with zero attached hydrogens (tertiary/aromatic N) is 2. The number of carbonyl (C=O) groups excluding carboxylic acids is 1. The van der Waals surface area contributed by atoms with Gasteiger partial charge in [-0.25, -0.2) is 9.36 Å². The zero-order valence-electron chi connectivity index (χ0n) is 15.6. The van der Waals surface area contributed by atoms with Gasteiger partial charge in [-0.15, -0.1) is 0 Å². The lowest BCUT2D eigenvalue weighted by Gasteiger charge is -2.09. The van der Waals surface area contributed by atoms with Crippen LogP contribution in [0.3, 0.4) is 0 Å². The van der Waals surface area contributed by atoms with Crippen LogP contribution in [-0.2, 0) is 16.1 Å². The normalized spacial score (nSPS) is 10.9. The van der Waals surface area contributed by atoms with Gasteiger partial charge in [-0.2, -0.15) is 4.57 Å². The first kappa shape index (κ1) is 21.4. The number of ether oxygens (including phenoxy) is 1. The highest BCUT2D eigenvalue weighted by Crippen LogP contribution is 2.30. The molecule has 0 saturated heterocycles. The third-order valence-electron chi connectivity index (χ3n) is 4.39.